The molecule has 2 saturated heterocycles. The zero-order valence-corrected chi connectivity index (χ0v) is 19.1. The average Bonchev–Trinajstić information content (AvgIpc) is 2.79. The smallest absolute Gasteiger partial charge is 0.291 e. The van der Waals surface area contributed by atoms with E-state index in [9.17, 15) is 13.2 Å². The van der Waals surface area contributed by atoms with Crippen molar-refractivity contribution in [2.75, 3.05) is 29.5 Å². The maximum atomic E-state index is 13.3. The van der Waals surface area contributed by atoms with Crippen molar-refractivity contribution in [2.24, 2.45) is 10.4 Å². The number of hydrogen-bond donors (Lipinski definition) is 0. The van der Waals surface area contributed by atoms with Gasteiger partial charge in [-0.2, -0.15) is 24.9 Å². The third-order valence-corrected chi connectivity index (χ3v) is 6.86. The van der Waals surface area contributed by atoms with E-state index in [0.29, 0.717) is 10.7 Å². The van der Waals surface area contributed by atoms with E-state index in [-0.39, 0.29) is 11.6 Å². The third kappa shape index (κ3) is 4.64. The van der Waals surface area contributed by atoms with Gasteiger partial charge in [0.2, 0.25) is 0 Å². The lowest BCUT2D eigenvalue weighted by Crippen LogP contribution is -2.51. The van der Waals surface area contributed by atoms with Gasteiger partial charge in [0.15, 0.2) is 0 Å². The van der Waals surface area contributed by atoms with Gasteiger partial charge in [-0.1, -0.05) is 32.1 Å². The van der Waals surface area contributed by atoms with Gasteiger partial charge in [-0.3, -0.25) is 14.8 Å². The summed E-state index contributed by atoms with van der Waals surface area (Å²) in [6.07, 6.45) is -4.41. The lowest BCUT2D eigenvalue weighted by atomic mass is 9.85. The lowest BCUT2D eigenvalue weighted by Gasteiger charge is -2.38. The first-order valence-corrected chi connectivity index (χ1v) is 11.3. The number of anilines is 1. The van der Waals surface area contributed by atoms with Crippen LogP contribution in [0.25, 0.3) is 0 Å². The van der Waals surface area contributed by atoms with Crippen molar-refractivity contribution in [1.82, 2.24) is 4.90 Å². The van der Waals surface area contributed by atoms with Crippen molar-refractivity contribution >= 4 is 40.5 Å². The number of amidine groups is 1. The van der Waals surface area contributed by atoms with Crippen LogP contribution in [0.3, 0.4) is 0 Å². The summed E-state index contributed by atoms with van der Waals surface area (Å²) in [5, 5.41) is 0. The number of rotatable bonds is 2. The summed E-state index contributed by atoms with van der Waals surface area (Å²) in [7, 11) is 0. The van der Waals surface area contributed by atoms with Gasteiger partial charge in [-0.25, -0.2) is 0 Å². The molecule has 8 heteroatoms. The Morgan fingerprint density at radius 2 is 1.76 bits per heavy atom. The second kappa shape index (κ2) is 7.85. The molecule has 2 aliphatic heterocycles. The number of nitrogens with zero attached hydrogens (tertiary/aromatic N) is 3. The molecule has 0 N–H and O–H groups in total. The molecule has 2 aliphatic rings. The normalized spacial score (nSPS) is 25.1. The minimum absolute atomic E-state index is 0.0651. The van der Waals surface area contributed by atoms with Crippen molar-refractivity contribution in [3.63, 3.8) is 0 Å². The largest absolute Gasteiger partial charge is 0.416 e. The van der Waals surface area contributed by atoms with Gasteiger partial charge in [0.05, 0.1) is 22.1 Å². The Morgan fingerprint density at radius 1 is 1.14 bits per heavy atom. The molecule has 1 atom stereocenters. The molecule has 2 heterocycles. The first-order chi connectivity index (χ1) is 13.3. The molecule has 0 saturated carbocycles. The Morgan fingerprint density at radius 3 is 2.31 bits per heavy atom. The third-order valence-electron chi connectivity index (χ3n) is 5.20. The van der Waals surface area contributed by atoms with E-state index in [2.05, 4.69) is 18.7 Å². The highest BCUT2D eigenvalue weighted by molar-refractivity contribution is 7.99. The zero-order valence-electron chi connectivity index (χ0n) is 17.5. The second-order valence-corrected chi connectivity index (χ2v) is 10.7. The second-order valence-electron chi connectivity index (χ2n) is 9.10. The molecule has 0 aliphatic carbocycles. The van der Waals surface area contributed by atoms with Crippen LogP contribution in [-0.2, 0) is 6.18 Å². The zero-order chi connectivity index (χ0) is 21.6. The molecule has 1 aromatic rings. The maximum Gasteiger partial charge on any atom is 0.416 e. The van der Waals surface area contributed by atoms with Crippen LogP contribution in [-0.4, -0.2) is 51.9 Å². The number of hydrogen-bond acceptors (Lipinski definition) is 4. The Hall–Kier alpha value is -1.12. The van der Waals surface area contributed by atoms with E-state index in [1.54, 1.807) is 11.0 Å². The van der Waals surface area contributed by atoms with Crippen molar-refractivity contribution in [3.05, 3.63) is 29.8 Å². The van der Waals surface area contributed by atoms with Crippen molar-refractivity contribution < 1.29 is 13.2 Å². The molecule has 1 aromatic carbocycles. The predicted octanol–water partition coefficient (Wildman–Crippen LogP) is 5.49. The van der Waals surface area contributed by atoms with Gasteiger partial charge in [0.25, 0.3) is 0 Å². The molecule has 2 fully saturated rings. The number of thioether (sulfide) groups is 1. The predicted molar refractivity (Wildman–Crippen MR) is 120 cm³/mol. The van der Waals surface area contributed by atoms with E-state index in [4.69, 9.17) is 17.2 Å². The van der Waals surface area contributed by atoms with E-state index < -0.39 is 17.2 Å². The van der Waals surface area contributed by atoms with E-state index in [1.165, 1.54) is 12.1 Å². The van der Waals surface area contributed by atoms with Crippen molar-refractivity contribution in [3.8, 4) is 0 Å². The van der Waals surface area contributed by atoms with Gasteiger partial charge in [0, 0.05) is 35.7 Å². The molecule has 0 bridgehead atoms. The van der Waals surface area contributed by atoms with Crippen molar-refractivity contribution in [1.29, 1.82) is 0 Å². The van der Waals surface area contributed by atoms with E-state index in [1.807, 2.05) is 32.5 Å². The number of benzene rings is 1. The molecular formula is C21H28F3N3S2. The van der Waals surface area contributed by atoms with Crippen LogP contribution >= 0.6 is 24.0 Å². The minimum atomic E-state index is -4.41. The number of thiocarbonyl (C=S) groups is 1. The molecule has 3 rings (SSSR count). The Labute approximate surface area is 180 Å². The molecule has 160 valence electrons. The Bertz CT molecular complexity index is 806. The molecule has 0 amide bonds. The highest BCUT2D eigenvalue weighted by Gasteiger charge is 2.52. The Balaban J connectivity index is 2.15. The fraction of sp³-hybridized carbons (Fsp3) is 0.619. The average molecular weight is 444 g/mol. The molecule has 0 spiro atoms. The molecule has 29 heavy (non-hydrogen) atoms. The maximum absolute atomic E-state index is 13.3. The van der Waals surface area contributed by atoms with Crippen LogP contribution in [0.4, 0.5) is 18.9 Å². The Kier molecular flexibility index (Phi) is 6.11. The fourth-order valence-corrected chi connectivity index (χ4v) is 5.18. The quantitative estimate of drug-likeness (QED) is 0.562. The topological polar surface area (TPSA) is 18.8 Å². The molecule has 3 nitrogen and oxygen atoms in total. The van der Waals surface area contributed by atoms with Gasteiger partial charge < -0.3 is 0 Å². The lowest BCUT2D eigenvalue weighted by molar-refractivity contribution is -0.137. The first kappa shape index (κ1) is 22.6. The molecular weight excluding hydrogens is 415 g/mol. The van der Waals surface area contributed by atoms with Crippen molar-refractivity contribution in [2.45, 2.75) is 52.4 Å². The van der Waals surface area contributed by atoms with Crippen LogP contribution in [0.2, 0.25) is 0 Å². The highest BCUT2D eigenvalue weighted by Crippen LogP contribution is 2.42. The summed E-state index contributed by atoms with van der Waals surface area (Å²) in [6, 6.07) is 5.32. The number of alkyl halides is 3. The van der Waals surface area contributed by atoms with Crippen LogP contribution in [0.15, 0.2) is 29.3 Å². The highest BCUT2D eigenvalue weighted by atomic mass is 32.2. The standard InChI is InChI=1S/C21H28F3N3S2/c1-19(2,3)25-17-16(26-9-11-29-12-10-26)20(4,5)18(28)27(17)15-8-6-7-14(13-15)21(22,23)24/h6-8,13,16H,9-12H2,1-5H3/t16-/m1/s1. The van der Waals surface area contributed by atoms with E-state index in [0.717, 1.165) is 36.5 Å². The fourth-order valence-electron chi connectivity index (χ4n) is 3.94. The summed E-state index contributed by atoms with van der Waals surface area (Å²) >= 11 is 7.76. The van der Waals surface area contributed by atoms with E-state index >= 15 is 0 Å². The number of aliphatic imine (C=N–C) groups is 1. The summed E-state index contributed by atoms with van der Waals surface area (Å²) in [5.41, 5.74) is -1.05. The van der Waals surface area contributed by atoms with Gasteiger partial charge in [0.1, 0.15) is 5.84 Å². The molecule has 0 unspecified atom stereocenters. The summed E-state index contributed by atoms with van der Waals surface area (Å²) in [4.78, 5) is 9.77. The van der Waals surface area contributed by atoms with Crippen LogP contribution in [0.5, 0.6) is 0 Å². The van der Waals surface area contributed by atoms with Crippen LogP contribution in [0, 0.1) is 5.41 Å². The number of halogens is 3. The van der Waals surface area contributed by atoms with Crippen LogP contribution in [0.1, 0.15) is 40.2 Å². The van der Waals surface area contributed by atoms with Crippen LogP contribution < -0.4 is 4.90 Å². The first-order valence-electron chi connectivity index (χ1n) is 9.76. The van der Waals surface area contributed by atoms with Gasteiger partial charge >= 0.3 is 6.18 Å². The van der Waals surface area contributed by atoms with Gasteiger partial charge in [-0.15, -0.1) is 0 Å². The summed E-state index contributed by atoms with van der Waals surface area (Å²) in [5.74, 6) is 2.82. The molecule has 0 radical (unpaired) electrons. The summed E-state index contributed by atoms with van der Waals surface area (Å²) in [6.45, 7) is 12.0. The molecule has 0 aromatic heterocycles. The SMILES string of the molecule is CC(C)(C)N=C1[C@@H](N2CCSCC2)C(C)(C)C(=S)N1c1cccc(C(F)(F)F)c1. The minimum Gasteiger partial charge on any atom is -0.291 e. The van der Waals surface area contributed by atoms with Gasteiger partial charge in [-0.05, 0) is 39.0 Å². The monoisotopic (exact) mass is 443 g/mol. The summed E-state index contributed by atoms with van der Waals surface area (Å²) < 4.78 is 40.0.